The molecule has 0 radical (unpaired) electrons. The van der Waals surface area contributed by atoms with Crippen molar-refractivity contribution in [2.45, 2.75) is 12.7 Å². The number of nitrogens with two attached hydrogens (primary N) is 1. The summed E-state index contributed by atoms with van der Waals surface area (Å²) in [7, 11) is 0. The van der Waals surface area contributed by atoms with Crippen molar-refractivity contribution in [2.24, 2.45) is 5.73 Å². The van der Waals surface area contributed by atoms with E-state index in [1.807, 2.05) is 0 Å². The fourth-order valence-electron chi connectivity index (χ4n) is 1.26. The van der Waals surface area contributed by atoms with Crippen molar-refractivity contribution in [3.63, 3.8) is 0 Å². The van der Waals surface area contributed by atoms with E-state index < -0.39 is 12.2 Å². The fraction of sp³-hybridized carbons (Fsp3) is 0.182. The summed E-state index contributed by atoms with van der Waals surface area (Å²) < 4.78 is 33.8. The lowest BCUT2D eigenvalue weighted by Gasteiger charge is -2.04. The Balaban J connectivity index is 2.18. The van der Waals surface area contributed by atoms with E-state index in [1.165, 1.54) is 18.2 Å². The van der Waals surface area contributed by atoms with Gasteiger partial charge in [0.1, 0.15) is 0 Å². The zero-order valence-corrected chi connectivity index (χ0v) is 8.50. The summed E-state index contributed by atoms with van der Waals surface area (Å²) in [5, 5.41) is 0. The third-order valence-electron chi connectivity index (χ3n) is 1.90. The Bertz CT molecular complexity index is 531. The Morgan fingerprint density at radius 2 is 2.06 bits per heavy atom. The molecule has 1 aromatic carbocycles. The quantitative estimate of drug-likeness (QED) is 0.750. The van der Waals surface area contributed by atoms with Crippen molar-refractivity contribution in [2.75, 3.05) is 0 Å². The molecule has 88 valence electrons. The first-order valence-corrected chi connectivity index (χ1v) is 4.63. The molecule has 4 nitrogen and oxygen atoms in total. The molecule has 0 unspecified atom stereocenters. The molecule has 1 aromatic rings. The van der Waals surface area contributed by atoms with Crippen LogP contribution >= 0.6 is 0 Å². The maximum Gasteiger partial charge on any atom is 0.586 e. The second-order valence-corrected chi connectivity index (χ2v) is 3.27. The van der Waals surface area contributed by atoms with Crippen molar-refractivity contribution < 1.29 is 23.0 Å². The standard InChI is InChI=1S/C11H7F2NO3/c12-11(13)16-8-5-4-7(6-9(8)17-11)2-1-3-10(14)15/h4-6H,3H2,(H2,14,15). The molecule has 0 bridgehead atoms. The number of ether oxygens (including phenoxy) is 2. The lowest BCUT2D eigenvalue weighted by Crippen LogP contribution is -2.25. The van der Waals surface area contributed by atoms with Gasteiger partial charge in [0.25, 0.3) is 0 Å². The summed E-state index contributed by atoms with van der Waals surface area (Å²) in [5.74, 6) is 4.43. The molecule has 0 aliphatic carbocycles. The minimum absolute atomic E-state index is 0.0459. The van der Waals surface area contributed by atoms with Crippen LogP contribution < -0.4 is 15.2 Å². The molecule has 0 spiro atoms. The Hall–Kier alpha value is -2.29. The molecule has 2 rings (SSSR count). The van der Waals surface area contributed by atoms with Crippen molar-refractivity contribution in [1.82, 2.24) is 0 Å². The average Bonchev–Trinajstić information content (AvgIpc) is 2.50. The maximum atomic E-state index is 12.7. The van der Waals surface area contributed by atoms with Gasteiger partial charge in [0.05, 0.1) is 6.42 Å². The third kappa shape index (κ3) is 2.64. The van der Waals surface area contributed by atoms with Crippen molar-refractivity contribution in [3.8, 4) is 23.3 Å². The summed E-state index contributed by atoms with van der Waals surface area (Å²) in [6.07, 6.45) is -3.73. The summed E-state index contributed by atoms with van der Waals surface area (Å²) in [6.45, 7) is 0. The molecule has 1 aliphatic rings. The van der Waals surface area contributed by atoms with Gasteiger partial charge in [-0.3, -0.25) is 4.79 Å². The number of carbonyl (C=O) groups is 1. The van der Waals surface area contributed by atoms with E-state index in [4.69, 9.17) is 5.73 Å². The first-order chi connectivity index (χ1) is 7.96. The van der Waals surface area contributed by atoms with Crippen LogP contribution in [0.3, 0.4) is 0 Å². The van der Waals surface area contributed by atoms with Crippen LogP contribution in [0.25, 0.3) is 0 Å². The molecule has 0 fully saturated rings. The summed E-state index contributed by atoms with van der Waals surface area (Å²) >= 11 is 0. The number of halogens is 2. The zero-order chi connectivity index (χ0) is 12.5. The molecule has 1 heterocycles. The third-order valence-corrected chi connectivity index (χ3v) is 1.90. The van der Waals surface area contributed by atoms with Gasteiger partial charge >= 0.3 is 6.29 Å². The largest absolute Gasteiger partial charge is 0.586 e. The maximum absolute atomic E-state index is 12.7. The highest BCUT2D eigenvalue weighted by Gasteiger charge is 2.43. The number of primary amides is 1. The Labute approximate surface area is 95.3 Å². The Morgan fingerprint density at radius 1 is 1.35 bits per heavy atom. The van der Waals surface area contributed by atoms with Crippen LogP contribution in [-0.4, -0.2) is 12.2 Å². The molecule has 0 atom stereocenters. The number of hydrogen-bond donors (Lipinski definition) is 1. The summed E-state index contributed by atoms with van der Waals surface area (Å²) in [4.78, 5) is 10.4. The Kier molecular flexibility index (Phi) is 2.60. The lowest BCUT2D eigenvalue weighted by atomic mass is 10.2. The topological polar surface area (TPSA) is 61.6 Å². The minimum Gasteiger partial charge on any atom is -0.395 e. The molecule has 0 saturated heterocycles. The smallest absolute Gasteiger partial charge is 0.395 e. The van der Waals surface area contributed by atoms with E-state index in [9.17, 15) is 13.6 Å². The average molecular weight is 239 g/mol. The van der Waals surface area contributed by atoms with Gasteiger partial charge in [0.15, 0.2) is 11.5 Å². The molecule has 0 aromatic heterocycles. The molecule has 1 amide bonds. The zero-order valence-electron chi connectivity index (χ0n) is 8.50. The van der Waals surface area contributed by atoms with Crippen molar-refractivity contribution in [3.05, 3.63) is 23.8 Å². The monoisotopic (exact) mass is 239 g/mol. The summed E-state index contributed by atoms with van der Waals surface area (Å²) in [6, 6.07) is 4.12. The van der Waals surface area contributed by atoms with Gasteiger partial charge < -0.3 is 15.2 Å². The van der Waals surface area contributed by atoms with Crippen LogP contribution in [0.1, 0.15) is 12.0 Å². The first kappa shape index (κ1) is 11.2. The van der Waals surface area contributed by atoms with Gasteiger partial charge in [-0.25, -0.2) is 0 Å². The lowest BCUT2D eigenvalue weighted by molar-refractivity contribution is -0.286. The molecule has 2 N–H and O–H groups in total. The predicted molar refractivity (Wildman–Crippen MR) is 53.3 cm³/mol. The van der Waals surface area contributed by atoms with Gasteiger partial charge in [-0.1, -0.05) is 11.8 Å². The van der Waals surface area contributed by atoms with Crippen LogP contribution in [-0.2, 0) is 4.79 Å². The molecule has 6 heteroatoms. The second-order valence-electron chi connectivity index (χ2n) is 3.27. The minimum atomic E-state index is -3.64. The van der Waals surface area contributed by atoms with Crippen LogP contribution in [0.4, 0.5) is 8.78 Å². The van der Waals surface area contributed by atoms with Crippen LogP contribution in [0.5, 0.6) is 11.5 Å². The molecular formula is C11H7F2NO3. The second kappa shape index (κ2) is 3.94. The normalized spacial score (nSPS) is 14.9. The van der Waals surface area contributed by atoms with E-state index in [2.05, 4.69) is 21.3 Å². The Morgan fingerprint density at radius 3 is 2.76 bits per heavy atom. The van der Waals surface area contributed by atoms with Crippen LogP contribution in [0.15, 0.2) is 18.2 Å². The highest BCUT2D eigenvalue weighted by molar-refractivity contribution is 5.76. The number of amides is 1. The first-order valence-electron chi connectivity index (χ1n) is 4.63. The van der Waals surface area contributed by atoms with Gasteiger partial charge in [0, 0.05) is 11.6 Å². The number of rotatable bonds is 1. The van der Waals surface area contributed by atoms with Crippen LogP contribution in [0.2, 0.25) is 0 Å². The predicted octanol–water partition coefficient (Wildman–Crippen LogP) is 1.24. The molecule has 0 saturated carbocycles. The van der Waals surface area contributed by atoms with Gasteiger partial charge in [0.2, 0.25) is 5.91 Å². The number of hydrogen-bond acceptors (Lipinski definition) is 3. The van der Waals surface area contributed by atoms with Gasteiger partial charge in [-0.05, 0) is 12.1 Å². The number of carbonyl (C=O) groups excluding carboxylic acids is 1. The van der Waals surface area contributed by atoms with E-state index in [1.54, 1.807) is 0 Å². The van der Waals surface area contributed by atoms with E-state index in [0.29, 0.717) is 5.56 Å². The molecular weight excluding hydrogens is 232 g/mol. The van der Waals surface area contributed by atoms with E-state index in [-0.39, 0.29) is 17.9 Å². The summed E-state index contributed by atoms with van der Waals surface area (Å²) in [5.41, 5.74) is 5.33. The van der Waals surface area contributed by atoms with Crippen LogP contribution in [0, 0.1) is 11.8 Å². The van der Waals surface area contributed by atoms with E-state index >= 15 is 0 Å². The SMILES string of the molecule is NC(=O)CC#Cc1ccc2c(c1)OC(F)(F)O2. The van der Waals surface area contributed by atoms with Crippen molar-refractivity contribution in [1.29, 1.82) is 0 Å². The highest BCUT2D eigenvalue weighted by atomic mass is 19.3. The fourth-order valence-corrected chi connectivity index (χ4v) is 1.26. The highest BCUT2D eigenvalue weighted by Crippen LogP contribution is 2.40. The number of alkyl halides is 2. The van der Waals surface area contributed by atoms with Crippen molar-refractivity contribution >= 4 is 5.91 Å². The van der Waals surface area contributed by atoms with Gasteiger partial charge in [-0.15, -0.1) is 8.78 Å². The molecule has 1 aliphatic heterocycles. The molecule has 17 heavy (non-hydrogen) atoms. The van der Waals surface area contributed by atoms with Gasteiger partial charge in [-0.2, -0.15) is 0 Å². The van der Waals surface area contributed by atoms with E-state index in [0.717, 1.165) is 0 Å². The number of fused-ring (bicyclic) bond motifs is 1. The number of benzene rings is 1.